The highest BCUT2D eigenvalue weighted by molar-refractivity contribution is 5.26. The molecule has 0 aromatic rings. The maximum atomic E-state index is 2.62. The Bertz CT molecular complexity index is 291. The fraction of sp³-hybridized carbons (Fsp3) is 0.857. The number of piperazine rings is 1. The first-order chi connectivity index (χ1) is 7.50. The van der Waals surface area contributed by atoms with Gasteiger partial charge in [0.25, 0.3) is 0 Å². The summed E-state index contributed by atoms with van der Waals surface area (Å²) < 4.78 is 0. The number of hydrogen-bond acceptors (Lipinski definition) is 2. The van der Waals surface area contributed by atoms with E-state index in [9.17, 15) is 0 Å². The lowest BCUT2D eigenvalue weighted by molar-refractivity contribution is 0.153. The third-order valence-corrected chi connectivity index (χ3v) is 4.10. The summed E-state index contributed by atoms with van der Waals surface area (Å²) in [5.74, 6) is 1.48. The maximum absolute atomic E-state index is 2.62. The van der Waals surface area contributed by atoms with E-state index in [-0.39, 0.29) is 0 Å². The largest absolute Gasteiger partial charge is 0.372 e. The summed E-state index contributed by atoms with van der Waals surface area (Å²) in [4.78, 5) is 5.23. The summed E-state index contributed by atoms with van der Waals surface area (Å²) in [5.41, 5.74) is 3.35. The van der Waals surface area contributed by atoms with E-state index in [1.807, 2.05) is 0 Å². The van der Waals surface area contributed by atoms with Crippen molar-refractivity contribution in [1.29, 1.82) is 0 Å². The van der Waals surface area contributed by atoms with Gasteiger partial charge < -0.3 is 4.90 Å². The minimum Gasteiger partial charge on any atom is -0.372 e. The Balaban J connectivity index is 2.22. The van der Waals surface area contributed by atoms with Crippen molar-refractivity contribution in [2.24, 2.45) is 11.8 Å². The molecule has 0 aromatic carbocycles. The molecule has 0 radical (unpaired) electrons. The number of nitrogens with zero attached hydrogens (tertiary/aromatic N) is 2. The first-order valence-electron chi connectivity index (χ1n) is 6.72. The summed E-state index contributed by atoms with van der Waals surface area (Å²) in [6.07, 6.45) is 0. The Hall–Kier alpha value is -0.500. The van der Waals surface area contributed by atoms with E-state index in [2.05, 4.69) is 44.4 Å². The molecule has 0 amide bonds. The lowest BCUT2D eigenvalue weighted by Crippen LogP contribution is -2.46. The molecule has 1 fully saturated rings. The lowest BCUT2D eigenvalue weighted by Gasteiger charge is -2.38. The van der Waals surface area contributed by atoms with E-state index in [1.54, 1.807) is 11.3 Å². The van der Waals surface area contributed by atoms with E-state index in [0.717, 1.165) is 5.92 Å². The van der Waals surface area contributed by atoms with Crippen LogP contribution in [0.25, 0.3) is 0 Å². The van der Waals surface area contributed by atoms with E-state index < -0.39 is 0 Å². The van der Waals surface area contributed by atoms with Crippen molar-refractivity contribution in [3.63, 3.8) is 0 Å². The van der Waals surface area contributed by atoms with Crippen LogP contribution in [-0.4, -0.2) is 42.0 Å². The summed E-state index contributed by atoms with van der Waals surface area (Å²) in [6.45, 7) is 16.6. The zero-order valence-corrected chi connectivity index (χ0v) is 11.5. The van der Waals surface area contributed by atoms with Crippen molar-refractivity contribution >= 4 is 0 Å². The SMILES string of the molecule is CC(C)C1=C2CN(C(C)C)CCN2CC1C. The molecule has 2 heteroatoms. The van der Waals surface area contributed by atoms with Crippen LogP contribution in [0.3, 0.4) is 0 Å². The van der Waals surface area contributed by atoms with E-state index in [1.165, 1.54) is 26.2 Å². The average Bonchev–Trinajstić information content (AvgIpc) is 2.51. The van der Waals surface area contributed by atoms with Crippen molar-refractivity contribution in [3.05, 3.63) is 11.3 Å². The van der Waals surface area contributed by atoms with E-state index in [0.29, 0.717) is 12.0 Å². The summed E-state index contributed by atoms with van der Waals surface area (Å²) in [6, 6.07) is 0.680. The second-order valence-electron chi connectivity index (χ2n) is 5.97. The van der Waals surface area contributed by atoms with Gasteiger partial charge in [-0.15, -0.1) is 0 Å². The molecule has 0 aromatic heterocycles. The van der Waals surface area contributed by atoms with Gasteiger partial charge in [-0.1, -0.05) is 20.8 Å². The second-order valence-corrected chi connectivity index (χ2v) is 5.97. The summed E-state index contributed by atoms with van der Waals surface area (Å²) in [5, 5.41) is 0. The summed E-state index contributed by atoms with van der Waals surface area (Å²) >= 11 is 0. The molecule has 1 saturated heterocycles. The third kappa shape index (κ3) is 2.00. The van der Waals surface area contributed by atoms with Gasteiger partial charge >= 0.3 is 0 Å². The van der Waals surface area contributed by atoms with Crippen molar-refractivity contribution < 1.29 is 0 Å². The Morgan fingerprint density at radius 3 is 2.38 bits per heavy atom. The van der Waals surface area contributed by atoms with Crippen molar-refractivity contribution in [2.75, 3.05) is 26.2 Å². The number of rotatable bonds is 2. The predicted octanol–water partition coefficient (Wildman–Crippen LogP) is 2.57. The fourth-order valence-electron chi connectivity index (χ4n) is 3.29. The molecule has 16 heavy (non-hydrogen) atoms. The Morgan fingerprint density at radius 1 is 1.12 bits per heavy atom. The van der Waals surface area contributed by atoms with Gasteiger partial charge in [-0.05, 0) is 31.3 Å². The van der Waals surface area contributed by atoms with Crippen LogP contribution < -0.4 is 0 Å². The minimum atomic E-state index is 0.680. The molecule has 0 aliphatic carbocycles. The molecular formula is C14H26N2. The Labute approximate surface area is 100 Å². The molecule has 1 unspecified atom stereocenters. The Morgan fingerprint density at radius 2 is 1.81 bits per heavy atom. The molecule has 2 aliphatic rings. The van der Waals surface area contributed by atoms with Crippen molar-refractivity contribution in [3.8, 4) is 0 Å². The Kier molecular flexibility index (Phi) is 3.29. The van der Waals surface area contributed by atoms with Crippen molar-refractivity contribution in [1.82, 2.24) is 9.80 Å². The zero-order chi connectivity index (χ0) is 11.9. The molecule has 0 spiro atoms. The quantitative estimate of drug-likeness (QED) is 0.708. The van der Waals surface area contributed by atoms with Crippen LogP contribution in [0.4, 0.5) is 0 Å². The molecule has 92 valence electrons. The van der Waals surface area contributed by atoms with Crippen LogP contribution in [0, 0.1) is 11.8 Å². The van der Waals surface area contributed by atoms with Crippen LogP contribution in [0.2, 0.25) is 0 Å². The highest BCUT2D eigenvalue weighted by Crippen LogP contribution is 2.35. The van der Waals surface area contributed by atoms with Gasteiger partial charge in [0.1, 0.15) is 0 Å². The molecule has 0 bridgehead atoms. The highest BCUT2D eigenvalue weighted by Gasteiger charge is 2.33. The topological polar surface area (TPSA) is 6.48 Å². The van der Waals surface area contributed by atoms with Crippen molar-refractivity contribution in [2.45, 2.75) is 40.7 Å². The first-order valence-corrected chi connectivity index (χ1v) is 6.72. The van der Waals surface area contributed by atoms with Gasteiger partial charge in [0.15, 0.2) is 0 Å². The van der Waals surface area contributed by atoms with Gasteiger partial charge in [0, 0.05) is 37.9 Å². The molecule has 0 saturated carbocycles. The minimum absolute atomic E-state index is 0.680. The van der Waals surface area contributed by atoms with Crippen LogP contribution in [0.5, 0.6) is 0 Å². The molecule has 2 rings (SSSR count). The lowest BCUT2D eigenvalue weighted by atomic mass is 9.92. The fourth-order valence-corrected chi connectivity index (χ4v) is 3.29. The molecule has 1 atom stereocenters. The van der Waals surface area contributed by atoms with Gasteiger partial charge in [-0.2, -0.15) is 0 Å². The number of hydrogen-bond donors (Lipinski definition) is 0. The smallest absolute Gasteiger partial charge is 0.0387 e. The van der Waals surface area contributed by atoms with Gasteiger partial charge in [0.05, 0.1) is 0 Å². The van der Waals surface area contributed by atoms with Gasteiger partial charge in [-0.25, -0.2) is 0 Å². The molecule has 2 aliphatic heterocycles. The van der Waals surface area contributed by atoms with Crippen LogP contribution in [-0.2, 0) is 0 Å². The monoisotopic (exact) mass is 222 g/mol. The second kappa shape index (κ2) is 4.40. The standard InChI is InChI=1S/C14H26N2/c1-10(2)14-12(5)8-16-7-6-15(11(3)4)9-13(14)16/h10-12H,6-9H2,1-5H3. The normalized spacial score (nSPS) is 27.2. The molecule has 2 nitrogen and oxygen atoms in total. The summed E-state index contributed by atoms with van der Waals surface area (Å²) in [7, 11) is 0. The average molecular weight is 222 g/mol. The highest BCUT2D eigenvalue weighted by atomic mass is 15.3. The van der Waals surface area contributed by atoms with E-state index >= 15 is 0 Å². The predicted molar refractivity (Wildman–Crippen MR) is 69.3 cm³/mol. The molecule has 0 N–H and O–H groups in total. The van der Waals surface area contributed by atoms with E-state index in [4.69, 9.17) is 0 Å². The first kappa shape index (κ1) is 12.0. The van der Waals surface area contributed by atoms with Gasteiger partial charge in [0.2, 0.25) is 0 Å². The van der Waals surface area contributed by atoms with Crippen LogP contribution in [0.1, 0.15) is 34.6 Å². The molecular weight excluding hydrogens is 196 g/mol. The van der Waals surface area contributed by atoms with Gasteiger partial charge in [-0.3, -0.25) is 4.90 Å². The molecule has 2 heterocycles. The zero-order valence-electron chi connectivity index (χ0n) is 11.5. The number of fused-ring (bicyclic) bond motifs is 1. The van der Waals surface area contributed by atoms with Crippen LogP contribution >= 0.6 is 0 Å². The maximum Gasteiger partial charge on any atom is 0.0387 e. The third-order valence-electron chi connectivity index (χ3n) is 4.10. The van der Waals surface area contributed by atoms with Crippen LogP contribution in [0.15, 0.2) is 11.3 Å².